The molecule has 4 rings (SSSR count). The van der Waals surface area contributed by atoms with Crippen molar-refractivity contribution in [2.75, 3.05) is 7.11 Å². The van der Waals surface area contributed by atoms with E-state index in [0.29, 0.717) is 12.8 Å². The monoisotopic (exact) mass is 840 g/mol. The first-order valence-corrected chi connectivity index (χ1v) is 17.5. The van der Waals surface area contributed by atoms with E-state index in [2.05, 4.69) is 0 Å². The Bertz CT molecular complexity index is 1410. The van der Waals surface area contributed by atoms with Gasteiger partial charge in [-0.3, -0.25) is 19.2 Å². The van der Waals surface area contributed by atoms with Crippen molar-refractivity contribution in [1.82, 2.24) is 0 Å². The van der Waals surface area contributed by atoms with Gasteiger partial charge in [-0.15, -0.1) is 0 Å². The van der Waals surface area contributed by atoms with Gasteiger partial charge in [0.2, 0.25) is 0 Å². The molecular weight excluding hydrogens is 796 g/mol. The fourth-order valence-corrected chi connectivity index (χ4v) is 7.78. The van der Waals surface area contributed by atoms with Gasteiger partial charge >= 0.3 is 48.6 Å². The van der Waals surface area contributed by atoms with Gasteiger partial charge < -0.3 is 29.2 Å². The molecular formula is C34H44F12O10. The molecule has 4 fully saturated rings. The van der Waals surface area contributed by atoms with E-state index in [4.69, 9.17) is 18.9 Å². The van der Waals surface area contributed by atoms with E-state index in [1.165, 1.54) is 27.9 Å². The Morgan fingerprint density at radius 1 is 0.661 bits per heavy atom. The predicted molar refractivity (Wildman–Crippen MR) is 163 cm³/mol. The average molecular weight is 841 g/mol. The summed E-state index contributed by atoms with van der Waals surface area (Å²) in [5.41, 5.74) is -13.5. The van der Waals surface area contributed by atoms with Gasteiger partial charge in [0.1, 0.15) is 18.3 Å². The van der Waals surface area contributed by atoms with Gasteiger partial charge in [0.05, 0.1) is 29.8 Å². The standard InChI is InChI=1S/C18H22F12O4.C16H22O6/c1-4-12(2,3)11(31)34-10-6-8(13(32,15(19,20)21)16(22,23)24)5-9(7-10)14(33,17(25,26)27)18(28,29)30;1-5-16(2,3)15(19)22-12-7-6-8-10(9(7)13(17)20-4)14(18)21-11(8)12/h8-10,32-33H,4-7H2,1-3H3;7-12H,5-6H2,1-4H3. The minimum absolute atomic E-state index is 0.0184. The van der Waals surface area contributed by atoms with Crippen LogP contribution in [0.1, 0.15) is 80.1 Å². The van der Waals surface area contributed by atoms with Gasteiger partial charge in [-0.05, 0) is 66.2 Å². The molecule has 8 unspecified atom stereocenters. The van der Waals surface area contributed by atoms with Gasteiger partial charge in [0.15, 0.2) is 0 Å². The summed E-state index contributed by atoms with van der Waals surface area (Å²) in [7, 11) is 1.31. The summed E-state index contributed by atoms with van der Waals surface area (Å²) in [5.74, 6) is -10.3. The zero-order valence-corrected chi connectivity index (χ0v) is 31.1. The number of methoxy groups -OCH3 is 1. The summed E-state index contributed by atoms with van der Waals surface area (Å²) >= 11 is 0. The molecule has 0 aromatic carbocycles. The van der Waals surface area contributed by atoms with Crippen molar-refractivity contribution in [3.63, 3.8) is 0 Å². The third-order valence-electron chi connectivity index (χ3n) is 12.0. The third kappa shape index (κ3) is 8.15. The molecule has 22 heteroatoms. The van der Waals surface area contributed by atoms with Gasteiger partial charge in [-0.25, -0.2) is 0 Å². The number of alkyl halides is 12. The number of rotatable bonds is 9. The summed E-state index contributed by atoms with van der Waals surface area (Å²) in [4.78, 5) is 48.7. The van der Waals surface area contributed by atoms with Crippen molar-refractivity contribution in [3.05, 3.63) is 0 Å². The van der Waals surface area contributed by atoms with E-state index < -0.39 is 120 Å². The lowest BCUT2D eigenvalue weighted by molar-refractivity contribution is -0.405. The molecule has 324 valence electrons. The highest BCUT2D eigenvalue weighted by molar-refractivity contribution is 5.86. The number of carbonyl (C=O) groups is 4. The fraction of sp³-hybridized carbons (Fsp3) is 0.882. The first kappa shape index (κ1) is 47.3. The van der Waals surface area contributed by atoms with E-state index in [-0.39, 0.29) is 30.2 Å². The van der Waals surface area contributed by atoms with Crippen LogP contribution in [-0.4, -0.2) is 95.4 Å². The molecule has 0 aromatic rings. The quantitative estimate of drug-likeness (QED) is 0.145. The topological polar surface area (TPSA) is 146 Å². The number of esters is 4. The van der Waals surface area contributed by atoms with Crippen LogP contribution in [-0.2, 0) is 38.1 Å². The summed E-state index contributed by atoms with van der Waals surface area (Å²) in [5, 5.41) is 19.2. The lowest BCUT2D eigenvalue weighted by Gasteiger charge is -2.48. The zero-order valence-electron chi connectivity index (χ0n) is 31.1. The van der Waals surface area contributed by atoms with Gasteiger partial charge in [-0.1, -0.05) is 13.8 Å². The van der Waals surface area contributed by atoms with Gasteiger partial charge in [0.25, 0.3) is 11.2 Å². The van der Waals surface area contributed by atoms with E-state index in [9.17, 15) is 82.1 Å². The van der Waals surface area contributed by atoms with E-state index in [0.717, 1.165) is 0 Å². The normalized spacial score (nSPS) is 29.9. The van der Waals surface area contributed by atoms with Crippen LogP contribution in [0.5, 0.6) is 0 Å². The minimum Gasteiger partial charge on any atom is -0.469 e. The molecule has 2 bridgehead atoms. The number of hydrogen-bond donors (Lipinski definition) is 2. The van der Waals surface area contributed by atoms with Crippen molar-refractivity contribution in [1.29, 1.82) is 0 Å². The van der Waals surface area contributed by atoms with Crippen molar-refractivity contribution in [2.24, 2.45) is 46.3 Å². The largest absolute Gasteiger partial charge is 0.469 e. The van der Waals surface area contributed by atoms with Crippen LogP contribution in [0.15, 0.2) is 0 Å². The Hall–Kier alpha value is -3.04. The molecule has 10 nitrogen and oxygen atoms in total. The average Bonchev–Trinajstić information content (AvgIpc) is 3.69. The van der Waals surface area contributed by atoms with Crippen LogP contribution in [0.2, 0.25) is 0 Å². The Morgan fingerprint density at radius 3 is 1.41 bits per heavy atom. The molecule has 4 aliphatic rings. The summed E-state index contributed by atoms with van der Waals surface area (Å²) < 4.78 is 181. The molecule has 0 spiro atoms. The van der Waals surface area contributed by atoms with Crippen LogP contribution >= 0.6 is 0 Å². The van der Waals surface area contributed by atoms with Crippen LogP contribution < -0.4 is 0 Å². The van der Waals surface area contributed by atoms with Gasteiger partial charge in [0, 0.05) is 23.7 Å². The minimum atomic E-state index is -6.58. The molecule has 0 radical (unpaired) electrons. The van der Waals surface area contributed by atoms with E-state index in [1.807, 2.05) is 20.8 Å². The number of fused-ring (bicyclic) bond motifs is 1. The van der Waals surface area contributed by atoms with Crippen LogP contribution in [0.25, 0.3) is 0 Å². The number of halogens is 12. The molecule has 0 aromatic heterocycles. The van der Waals surface area contributed by atoms with Crippen LogP contribution in [0.3, 0.4) is 0 Å². The molecule has 3 aliphatic carbocycles. The third-order valence-corrected chi connectivity index (χ3v) is 12.0. The van der Waals surface area contributed by atoms with E-state index in [1.54, 1.807) is 0 Å². The number of carbonyl (C=O) groups excluding carboxylic acids is 4. The van der Waals surface area contributed by atoms with Gasteiger partial charge in [-0.2, -0.15) is 52.7 Å². The Labute approximate surface area is 312 Å². The molecule has 1 aliphatic heterocycles. The second-order valence-electron chi connectivity index (χ2n) is 16.0. The zero-order chi connectivity index (χ0) is 43.6. The molecule has 56 heavy (non-hydrogen) atoms. The first-order chi connectivity index (χ1) is 25.1. The smallest absolute Gasteiger partial charge is 0.426 e. The first-order valence-electron chi connectivity index (χ1n) is 17.5. The lowest BCUT2D eigenvalue weighted by Crippen LogP contribution is -2.67. The highest BCUT2D eigenvalue weighted by Crippen LogP contribution is 2.60. The molecule has 2 N–H and O–H groups in total. The highest BCUT2D eigenvalue weighted by Gasteiger charge is 2.78. The number of hydrogen-bond acceptors (Lipinski definition) is 10. The maximum atomic E-state index is 13.3. The summed E-state index contributed by atoms with van der Waals surface area (Å²) in [6.07, 6.45) is -33.6. The fourth-order valence-electron chi connectivity index (χ4n) is 7.78. The van der Waals surface area contributed by atoms with Crippen molar-refractivity contribution < 1.29 is 101 Å². The summed E-state index contributed by atoms with van der Waals surface area (Å²) in [6.45, 7) is 9.39. The second-order valence-corrected chi connectivity index (χ2v) is 16.0. The Balaban J connectivity index is 0.000000326. The molecule has 3 saturated carbocycles. The van der Waals surface area contributed by atoms with Crippen molar-refractivity contribution in [3.8, 4) is 0 Å². The SMILES string of the molecule is CCC(C)(C)C(=O)OC1C2CC3C1OC(=O)C3C2C(=O)OC.CCC(C)(C)C(=O)OC1CC(C(O)(C(F)(F)F)C(F)(F)F)CC(C(O)(C(F)(F)F)C(F)(F)F)C1. The molecule has 0 amide bonds. The predicted octanol–water partition coefficient (Wildman–Crippen LogP) is 6.78. The lowest BCUT2D eigenvalue weighted by atomic mass is 9.65. The Morgan fingerprint density at radius 2 is 1.05 bits per heavy atom. The van der Waals surface area contributed by atoms with E-state index >= 15 is 0 Å². The second kappa shape index (κ2) is 15.3. The van der Waals surface area contributed by atoms with Crippen LogP contribution in [0.4, 0.5) is 52.7 Å². The molecule has 1 heterocycles. The van der Waals surface area contributed by atoms with Crippen LogP contribution in [0, 0.1) is 46.3 Å². The maximum Gasteiger partial charge on any atom is 0.426 e. The van der Waals surface area contributed by atoms with Crippen molar-refractivity contribution >= 4 is 23.9 Å². The maximum absolute atomic E-state index is 13.3. The molecule has 1 saturated heterocycles. The highest BCUT2D eigenvalue weighted by atomic mass is 19.4. The molecule has 8 atom stereocenters. The number of ether oxygens (including phenoxy) is 4. The van der Waals surface area contributed by atoms with Crippen molar-refractivity contribution in [2.45, 2.75) is 134 Å². The number of aliphatic hydroxyl groups is 2. The Kier molecular flexibility index (Phi) is 12.9. The summed E-state index contributed by atoms with van der Waals surface area (Å²) in [6, 6.07) is 0.